The van der Waals surface area contributed by atoms with E-state index in [1.54, 1.807) is 11.8 Å². The second kappa shape index (κ2) is 6.06. The number of benzene rings is 1. The highest BCUT2D eigenvalue weighted by Gasteiger charge is 2.48. The second-order valence-corrected chi connectivity index (χ2v) is 6.47. The SMILES string of the molecule is CCOC(=O)C1(Nc2ccc(Cl)cc2)CCSC1C. The molecule has 0 aromatic heterocycles. The topological polar surface area (TPSA) is 38.3 Å². The first-order valence-corrected chi connectivity index (χ1v) is 7.84. The van der Waals surface area contributed by atoms with Crippen molar-refractivity contribution in [2.75, 3.05) is 17.7 Å². The molecule has 1 heterocycles. The van der Waals surface area contributed by atoms with E-state index in [2.05, 4.69) is 12.2 Å². The van der Waals surface area contributed by atoms with E-state index < -0.39 is 5.54 Å². The molecule has 2 rings (SSSR count). The van der Waals surface area contributed by atoms with Gasteiger partial charge in [0.2, 0.25) is 0 Å². The van der Waals surface area contributed by atoms with Crippen molar-refractivity contribution >= 4 is 35.0 Å². The van der Waals surface area contributed by atoms with Crippen molar-refractivity contribution in [2.24, 2.45) is 0 Å². The standard InChI is InChI=1S/C14H18ClNO2S/c1-3-18-13(17)14(8-9-19-10(14)2)16-12-6-4-11(15)5-7-12/h4-7,10,16H,3,8-9H2,1-2H3. The van der Waals surface area contributed by atoms with E-state index in [4.69, 9.17) is 16.3 Å². The molecule has 1 aliphatic rings. The van der Waals surface area contributed by atoms with Gasteiger partial charge < -0.3 is 10.1 Å². The summed E-state index contributed by atoms with van der Waals surface area (Å²) < 4.78 is 5.25. The van der Waals surface area contributed by atoms with Gasteiger partial charge in [-0.1, -0.05) is 18.5 Å². The summed E-state index contributed by atoms with van der Waals surface area (Å²) in [6.07, 6.45) is 0.778. The van der Waals surface area contributed by atoms with E-state index in [0.29, 0.717) is 11.6 Å². The van der Waals surface area contributed by atoms with Crippen LogP contribution in [0.5, 0.6) is 0 Å². The fourth-order valence-electron chi connectivity index (χ4n) is 2.28. The van der Waals surface area contributed by atoms with Gasteiger partial charge in [-0.25, -0.2) is 4.79 Å². The van der Waals surface area contributed by atoms with Crippen LogP contribution in [0.2, 0.25) is 5.02 Å². The number of rotatable bonds is 4. The van der Waals surface area contributed by atoms with E-state index in [1.807, 2.05) is 31.2 Å². The van der Waals surface area contributed by atoms with Crippen molar-refractivity contribution in [1.82, 2.24) is 0 Å². The molecule has 5 heteroatoms. The third-order valence-corrected chi connectivity index (χ3v) is 5.00. The van der Waals surface area contributed by atoms with Crippen LogP contribution in [0.25, 0.3) is 0 Å². The maximum Gasteiger partial charge on any atom is 0.332 e. The Morgan fingerprint density at radius 2 is 2.21 bits per heavy atom. The number of esters is 1. The van der Waals surface area contributed by atoms with Gasteiger partial charge in [-0.3, -0.25) is 0 Å². The number of carbonyl (C=O) groups excluding carboxylic acids is 1. The molecular weight excluding hydrogens is 282 g/mol. The lowest BCUT2D eigenvalue weighted by molar-refractivity contribution is -0.148. The first-order chi connectivity index (χ1) is 9.08. The molecule has 1 saturated heterocycles. The molecule has 3 nitrogen and oxygen atoms in total. The molecule has 1 N–H and O–H groups in total. The summed E-state index contributed by atoms with van der Waals surface area (Å²) in [5.41, 5.74) is 0.265. The van der Waals surface area contributed by atoms with Gasteiger partial charge in [0.1, 0.15) is 5.54 Å². The van der Waals surface area contributed by atoms with Crippen LogP contribution in [0.1, 0.15) is 20.3 Å². The predicted molar refractivity (Wildman–Crippen MR) is 81.0 cm³/mol. The molecule has 19 heavy (non-hydrogen) atoms. The van der Waals surface area contributed by atoms with Gasteiger partial charge in [0.15, 0.2) is 0 Å². The van der Waals surface area contributed by atoms with Crippen LogP contribution in [0.3, 0.4) is 0 Å². The number of hydrogen-bond acceptors (Lipinski definition) is 4. The number of ether oxygens (including phenoxy) is 1. The summed E-state index contributed by atoms with van der Waals surface area (Å²) in [6.45, 7) is 4.30. The Morgan fingerprint density at radius 1 is 1.53 bits per heavy atom. The molecule has 1 aromatic carbocycles. The zero-order valence-electron chi connectivity index (χ0n) is 11.1. The molecule has 0 spiro atoms. The number of anilines is 1. The third-order valence-electron chi connectivity index (χ3n) is 3.41. The van der Waals surface area contributed by atoms with Crippen LogP contribution >= 0.6 is 23.4 Å². The van der Waals surface area contributed by atoms with Gasteiger partial charge >= 0.3 is 5.97 Å². The minimum atomic E-state index is -0.630. The van der Waals surface area contributed by atoms with Crippen molar-refractivity contribution in [3.8, 4) is 0 Å². The number of carbonyl (C=O) groups is 1. The fraction of sp³-hybridized carbons (Fsp3) is 0.500. The average Bonchev–Trinajstić information content (AvgIpc) is 2.75. The van der Waals surface area contributed by atoms with Crippen LogP contribution in [0.4, 0.5) is 5.69 Å². The second-order valence-electron chi connectivity index (χ2n) is 4.59. The van der Waals surface area contributed by atoms with Crippen LogP contribution < -0.4 is 5.32 Å². The molecule has 0 aliphatic carbocycles. The first-order valence-electron chi connectivity index (χ1n) is 6.41. The molecule has 1 aromatic rings. The van der Waals surface area contributed by atoms with Gasteiger partial charge in [-0.05, 0) is 43.4 Å². The Bertz CT molecular complexity index is 451. The zero-order chi connectivity index (χ0) is 13.9. The van der Waals surface area contributed by atoms with Crippen molar-refractivity contribution < 1.29 is 9.53 Å². The van der Waals surface area contributed by atoms with Crippen LogP contribution in [-0.2, 0) is 9.53 Å². The van der Waals surface area contributed by atoms with E-state index in [-0.39, 0.29) is 11.2 Å². The predicted octanol–water partition coefficient (Wildman–Crippen LogP) is 3.58. The number of halogens is 1. The summed E-state index contributed by atoms with van der Waals surface area (Å²) in [5.74, 6) is 0.795. The van der Waals surface area contributed by atoms with E-state index in [9.17, 15) is 4.79 Å². The van der Waals surface area contributed by atoms with Crippen LogP contribution in [0, 0.1) is 0 Å². The largest absolute Gasteiger partial charge is 0.464 e. The minimum Gasteiger partial charge on any atom is -0.464 e. The van der Waals surface area contributed by atoms with Crippen LogP contribution in [0.15, 0.2) is 24.3 Å². The van der Waals surface area contributed by atoms with Gasteiger partial charge in [0.25, 0.3) is 0 Å². The maximum absolute atomic E-state index is 12.3. The van der Waals surface area contributed by atoms with Crippen molar-refractivity contribution in [1.29, 1.82) is 0 Å². The van der Waals surface area contributed by atoms with Gasteiger partial charge in [-0.15, -0.1) is 0 Å². The number of hydrogen-bond donors (Lipinski definition) is 1. The lowest BCUT2D eigenvalue weighted by Gasteiger charge is -2.32. The molecule has 0 bridgehead atoms. The molecule has 1 fully saturated rings. The molecule has 0 saturated carbocycles. The Balaban J connectivity index is 2.23. The lowest BCUT2D eigenvalue weighted by atomic mass is 9.92. The van der Waals surface area contributed by atoms with E-state index in [1.165, 1.54) is 0 Å². The van der Waals surface area contributed by atoms with Crippen molar-refractivity contribution in [2.45, 2.75) is 31.1 Å². The monoisotopic (exact) mass is 299 g/mol. The highest BCUT2D eigenvalue weighted by molar-refractivity contribution is 8.00. The Labute approximate surface area is 123 Å². The summed E-state index contributed by atoms with van der Waals surface area (Å²) >= 11 is 7.67. The van der Waals surface area contributed by atoms with Gasteiger partial charge in [0.05, 0.1) is 6.61 Å². The normalized spacial score (nSPS) is 26.2. The maximum atomic E-state index is 12.3. The molecule has 0 radical (unpaired) electrons. The molecule has 2 atom stereocenters. The Hall–Kier alpha value is -0.870. The smallest absolute Gasteiger partial charge is 0.332 e. The summed E-state index contributed by atoms with van der Waals surface area (Å²) in [6, 6.07) is 7.41. The highest BCUT2D eigenvalue weighted by Crippen LogP contribution is 2.39. The lowest BCUT2D eigenvalue weighted by Crippen LogP contribution is -2.51. The molecule has 1 aliphatic heterocycles. The van der Waals surface area contributed by atoms with Crippen LogP contribution in [-0.4, -0.2) is 29.1 Å². The van der Waals surface area contributed by atoms with Crippen molar-refractivity contribution in [3.63, 3.8) is 0 Å². The summed E-state index contributed by atoms with van der Waals surface area (Å²) in [4.78, 5) is 12.3. The molecule has 0 amide bonds. The van der Waals surface area contributed by atoms with Crippen molar-refractivity contribution in [3.05, 3.63) is 29.3 Å². The molecule has 2 unspecified atom stereocenters. The summed E-state index contributed by atoms with van der Waals surface area (Å²) in [5, 5.41) is 4.23. The Kier molecular flexibility index (Phi) is 4.63. The van der Waals surface area contributed by atoms with Gasteiger partial charge in [0, 0.05) is 16.0 Å². The fourth-order valence-corrected chi connectivity index (χ4v) is 3.75. The molecule has 104 valence electrons. The van der Waals surface area contributed by atoms with E-state index >= 15 is 0 Å². The number of thioether (sulfide) groups is 1. The highest BCUT2D eigenvalue weighted by atomic mass is 35.5. The average molecular weight is 300 g/mol. The molecular formula is C14H18ClNO2S. The third kappa shape index (κ3) is 3.00. The summed E-state index contributed by atoms with van der Waals surface area (Å²) in [7, 11) is 0. The first kappa shape index (κ1) is 14.5. The quantitative estimate of drug-likeness (QED) is 0.863. The van der Waals surface area contributed by atoms with E-state index in [0.717, 1.165) is 17.9 Å². The van der Waals surface area contributed by atoms with Gasteiger partial charge in [-0.2, -0.15) is 11.8 Å². The minimum absolute atomic E-state index is 0.164. The zero-order valence-corrected chi connectivity index (χ0v) is 12.7. The number of nitrogens with one attached hydrogen (secondary N) is 1. The Morgan fingerprint density at radius 3 is 2.74 bits per heavy atom.